The molecule has 0 saturated carbocycles. The Morgan fingerprint density at radius 2 is 2.31 bits per heavy atom. The van der Waals surface area contributed by atoms with Crippen LogP contribution in [0.3, 0.4) is 0 Å². The molecule has 1 saturated heterocycles. The van der Waals surface area contributed by atoms with E-state index in [-0.39, 0.29) is 0 Å². The summed E-state index contributed by atoms with van der Waals surface area (Å²) in [6.07, 6.45) is 7.39. The van der Waals surface area contributed by atoms with Crippen LogP contribution in [0.1, 0.15) is 25.7 Å². The molecular weight excluding hydrogens is 182 g/mol. The number of nitrogens with one attached hydrogen (secondary N) is 1. The zero-order chi connectivity index (χ0) is 9.36. The zero-order valence-electron chi connectivity index (χ0n) is 8.55. The van der Waals surface area contributed by atoms with Crippen LogP contribution >= 0.6 is 11.8 Å². The number of rotatable bonds is 6. The number of hydrogen-bond donors (Lipinski definition) is 1. The largest absolute Gasteiger partial charge is 0.381 e. The Morgan fingerprint density at radius 1 is 1.38 bits per heavy atom. The van der Waals surface area contributed by atoms with Gasteiger partial charge >= 0.3 is 0 Å². The molecule has 3 heteroatoms. The van der Waals surface area contributed by atoms with Gasteiger partial charge in [-0.05, 0) is 32.1 Å². The molecule has 0 aromatic carbocycles. The SMILES string of the molecule is CSCCOCCC1CCCCN1. The molecule has 0 spiro atoms. The van der Waals surface area contributed by atoms with Gasteiger partial charge in [0.25, 0.3) is 0 Å². The highest BCUT2D eigenvalue weighted by atomic mass is 32.2. The normalized spacial score (nSPS) is 23.3. The Morgan fingerprint density at radius 3 is 3.00 bits per heavy atom. The third-order valence-corrected chi connectivity index (χ3v) is 3.03. The summed E-state index contributed by atoms with van der Waals surface area (Å²) in [5.74, 6) is 1.12. The Balaban J connectivity index is 1.86. The van der Waals surface area contributed by atoms with E-state index in [0.29, 0.717) is 0 Å². The second-order valence-corrected chi connectivity index (χ2v) is 4.53. The Bertz CT molecular complexity index is 115. The van der Waals surface area contributed by atoms with Gasteiger partial charge in [0.05, 0.1) is 6.61 Å². The summed E-state index contributed by atoms with van der Waals surface area (Å²) in [6.45, 7) is 3.04. The maximum Gasteiger partial charge on any atom is 0.0556 e. The van der Waals surface area contributed by atoms with Crippen LogP contribution in [0.5, 0.6) is 0 Å². The molecule has 1 N–H and O–H groups in total. The van der Waals surface area contributed by atoms with E-state index in [9.17, 15) is 0 Å². The summed E-state index contributed by atoms with van der Waals surface area (Å²) < 4.78 is 5.52. The smallest absolute Gasteiger partial charge is 0.0556 e. The molecule has 0 aromatic heterocycles. The van der Waals surface area contributed by atoms with Crippen molar-refractivity contribution in [1.29, 1.82) is 0 Å². The first-order chi connectivity index (χ1) is 6.43. The van der Waals surface area contributed by atoms with E-state index in [2.05, 4.69) is 11.6 Å². The van der Waals surface area contributed by atoms with Crippen molar-refractivity contribution < 1.29 is 4.74 Å². The number of ether oxygens (including phenoxy) is 1. The van der Waals surface area contributed by atoms with Gasteiger partial charge in [0.2, 0.25) is 0 Å². The van der Waals surface area contributed by atoms with Crippen molar-refractivity contribution in [2.24, 2.45) is 0 Å². The van der Waals surface area contributed by atoms with Gasteiger partial charge in [0.15, 0.2) is 0 Å². The first-order valence-electron chi connectivity index (χ1n) is 5.23. The number of piperidine rings is 1. The monoisotopic (exact) mass is 203 g/mol. The molecule has 78 valence electrons. The van der Waals surface area contributed by atoms with Crippen LogP contribution in [-0.4, -0.2) is 37.8 Å². The standard InChI is InChI=1S/C10H21NOS/c1-13-9-8-12-7-5-10-4-2-3-6-11-10/h10-11H,2-9H2,1H3. The van der Waals surface area contributed by atoms with E-state index in [4.69, 9.17) is 4.74 Å². The van der Waals surface area contributed by atoms with Crippen molar-refractivity contribution in [3.8, 4) is 0 Å². The molecule has 2 nitrogen and oxygen atoms in total. The second kappa shape index (κ2) is 7.65. The molecule has 0 aliphatic carbocycles. The van der Waals surface area contributed by atoms with Crippen LogP contribution in [0.25, 0.3) is 0 Å². The summed E-state index contributed by atoms with van der Waals surface area (Å²) in [6, 6.07) is 0.725. The van der Waals surface area contributed by atoms with Crippen LogP contribution in [-0.2, 0) is 4.74 Å². The highest BCUT2D eigenvalue weighted by molar-refractivity contribution is 7.98. The van der Waals surface area contributed by atoms with Crippen LogP contribution in [0.15, 0.2) is 0 Å². The topological polar surface area (TPSA) is 21.3 Å². The average molecular weight is 203 g/mol. The molecule has 0 amide bonds. The average Bonchev–Trinajstić information content (AvgIpc) is 2.19. The van der Waals surface area contributed by atoms with Crippen molar-refractivity contribution in [2.75, 3.05) is 31.8 Å². The lowest BCUT2D eigenvalue weighted by atomic mass is 10.0. The summed E-state index contributed by atoms with van der Waals surface area (Å²) >= 11 is 1.85. The molecule has 1 heterocycles. The first kappa shape index (κ1) is 11.3. The fourth-order valence-electron chi connectivity index (χ4n) is 1.64. The van der Waals surface area contributed by atoms with E-state index in [1.807, 2.05) is 11.8 Å². The highest BCUT2D eigenvalue weighted by Gasteiger charge is 2.11. The number of hydrogen-bond acceptors (Lipinski definition) is 3. The maximum atomic E-state index is 5.52. The van der Waals surface area contributed by atoms with Crippen molar-refractivity contribution in [2.45, 2.75) is 31.7 Å². The molecule has 0 bridgehead atoms. The minimum absolute atomic E-state index is 0.725. The molecule has 13 heavy (non-hydrogen) atoms. The quantitative estimate of drug-likeness (QED) is 0.666. The fourth-order valence-corrected chi connectivity index (χ4v) is 1.92. The predicted octanol–water partition coefficient (Wildman–Crippen LogP) is 1.90. The van der Waals surface area contributed by atoms with Crippen LogP contribution in [0, 0.1) is 0 Å². The summed E-state index contributed by atoms with van der Waals surface area (Å²) in [4.78, 5) is 0. The lowest BCUT2D eigenvalue weighted by Gasteiger charge is -2.23. The molecule has 1 fully saturated rings. The van der Waals surface area contributed by atoms with E-state index in [0.717, 1.165) is 25.0 Å². The molecule has 0 radical (unpaired) electrons. The Kier molecular flexibility index (Phi) is 6.68. The van der Waals surface area contributed by atoms with Crippen LogP contribution in [0.4, 0.5) is 0 Å². The van der Waals surface area contributed by atoms with Crippen LogP contribution < -0.4 is 5.32 Å². The van der Waals surface area contributed by atoms with Crippen molar-refractivity contribution in [3.05, 3.63) is 0 Å². The molecule has 1 unspecified atom stereocenters. The molecule has 1 aliphatic heterocycles. The summed E-state index contributed by atoms with van der Waals surface area (Å²) in [5.41, 5.74) is 0. The van der Waals surface area contributed by atoms with Gasteiger partial charge in [-0.15, -0.1) is 0 Å². The van der Waals surface area contributed by atoms with E-state index in [1.165, 1.54) is 32.2 Å². The highest BCUT2D eigenvalue weighted by Crippen LogP contribution is 2.09. The molecule has 1 atom stereocenters. The minimum Gasteiger partial charge on any atom is -0.381 e. The third kappa shape index (κ3) is 5.55. The number of thioether (sulfide) groups is 1. The van der Waals surface area contributed by atoms with Gasteiger partial charge in [-0.2, -0.15) is 11.8 Å². The van der Waals surface area contributed by atoms with Gasteiger partial charge in [0, 0.05) is 18.4 Å². The third-order valence-electron chi connectivity index (χ3n) is 2.45. The summed E-state index contributed by atoms with van der Waals surface area (Å²) in [7, 11) is 0. The van der Waals surface area contributed by atoms with Crippen molar-refractivity contribution >= 4 is 11.8 Å². The van der Waals surface area contributed by atoms with Gasteiger partial charge in [-0.3, -0.25) is 0 Å². The van der Waals surface area contributed by atoms with Gasteiger partial charge in [-0.1, -0.05) is 6.42 Å². The van der Waals surface area contributed by atoms with Crippen LogP contribution in [0.2, 0.25) is 0 Å². The maximum absolute atomic E-state index is 5.52. The van der Waals surface area contributed by atoms with E-state index in [1.54, 1.807) is 0 Å². The fraction of sp³-hybridized carbons (Fsp3) is 1.00. The predicted molar refractivity (Wildman–Crippen MR) is 59.5 cm³/mol. The lowest BCUT2D eigenvalue weighted by Crippen LogP contribution is -2.34. The summed E-state index contributed by atoms with van der Waals surface area (Å²) in [5, 5.41) is 3.52. The molecule has 1 rings (SSSR count). The van der Waals surface area contributed by atoms with E-state index >= 15 is 0 Å². The van der Waals surface area contributed by atoms with Gasteiger partial charge < -0.3 is 10.1 Å². The lowest BCUT2D eigenvalue weighted by molar-refractivity contribution is 0.135. The first-order valence-corrected chi connectivity index (χ1v) is 6.63. The molecular formula is C10H21NOS. The minimum atomic E-state index is 0.725. The molecule has 1 aliphatic rings. The van der Waals surface area contributed by atoms with Gasteiger partial charge in [0.1, 0.15) is 0 Å². The molecule has 0 aromatic rings. The zero-order valence-corrected chi connectivity index (χ0v) is 9.37. The van der Waals surface area contributed by atoms with Crippen molar-refractivity contribution in [3.63, 3.8) is 0 Å². The van der Waals surface area contributed by atoms with Crippen molar-refractivity contribution in [1.82, 2.24) is 5.32 Å². The van der Waals surface area contributed by atoms with Gasteiger partial charge in [-0.25, -0.2) is 0 Å². The Labute approximate surface area is 85.8 Å². The Hall–Kier alpha value is 0.270. The second-order valence-electron chi connectivity index (χ2n) is 3.54. The van der Waals surface area contributed by atoms with E-state index < -0.39 is 0 Å².